The Labute approximate surface area is 94.2 Å². The molecule has 3 N–H and O–H groups in total. The number of nitrogens with two attached hydrogens (primary N) is 1. The standard InChI is InChI=1S/C11H16N2O3/c1-4-11(2,3)16-9-8(12)7(10(14)15)5-6-13-9/h5-6H,4,12H2,1-3H3,(H,14,15). The van der Waals surface area contributed by atoms with E-state index in [-0.39, 0.29) is 17.1 Å². The maximum atomic E-state index is 10.8. The Morgan fingerprint density at radius 3 is 2.75 bits per heavy atom. The summed E-state index contributed by atoms with van der Waals surface area (Å²) in [5, 5.41) is 8.88. The van der Waals surface area contributed by atoms with Crippen LogP contribution < -0.4 is 10.5 Å². The molecule has 1 aromatic rings. The molecule has 5 nitrogen and oxygen atoms in total. The number of carboxylic acids is 1. The Kier molecular flexibility index (Phi) is 3.37. The zero-order valence-electron chi connectivity index (χ0n) is 9.65. The Morgan fingerprint density at radius 1 is 1.62 bits per heavy atom. The number of carboxylic acid groups (broad SMARTS) is 1. The fourth-order valence-electron chi connectivity index (χ4n) is 1.06. The first-order valence-electron chi connectivity index (χ1n) is 5.04. The summed E-state index contributed by atoms with van der Waals surface area (Å²) < 4.78 is 5.57. The molecule has 0 aliphatic carbocycles. The number of nitrogens with zero attached hydrogens (tertiary/aromatic N) is 1. The minimum atomic E-state index is -1.08. The van der Waals surface area contributed by atoms with Crippen molar-refractivity contribution in [3.8, 4) is 5.88 Å². The van der Waals surface area contributed by atoms with Crippen LogP contribution in [0.5, 0.6) is 5.88 Å². The zero-order chi connectivity index (χ0) is 12.3. The molecule has 0 aliphatic heterocycles. The number of carbonyl (C=O) groups is 1. The number of hydrogen-bond donors (Lipinski definition) is 2. The third-order valence-electron chi connectivity index (χ3n) is 2.41. The highest BCUT2D eigenvalue weighted by molar-refractivity contribution is 5.94. The summed E-state index contributed by atoms with van der Waals surface area (Å²) in [5.41, 5.74) is 5.34. The van der Waals surface area contributed by atoms with Gasteiger partial charge in [0, 0.05) is 6.20 Å². The summed E-state index contributed by atoms with van der Waals surface area (Å²) in [5.74, 6) is -0.911. The van der Waals surface area contributed by atoms with Gasteiger partial charge in [-0.1, -0.05) is 6.92 Å². The Bertz CT molecular complexity index is 402. The van der Waals surface area contributed by atoms with Gasteiger partial charge in [-0.15, -0.1) is 0 Å². The van der Waals surface area contributed by atoms with E-state index in [0.29, 0.717) is 0 Å². The molecule has 0 spiro atoms. The van der Waals surface area contributed by atoms with Crippen LogP contribution in [0.1, 0.15) is 37.6 Å². The fourth-order valence-corrected chi connectivity index (χ4v) is 1.06. The van der Waals surface area contributed by atoms with Crippen molar-refractivity contribution in [1.82, 2.24) is 4.98 Å². The molecule has 0 aromatic carbocycles. The average molecular weight is 224 g/mol. The van der Waals surface area contributed by atoms with Gasteiger partial charge in [-0.2, -0.15) is 0 Å². The highest BCUT2D eigenvalue weighted by Crippen LogP contribution is 2.27. The summed E-state index contributed by atoms with van der Waals surface area (Å²) in [7, 11) is 0. The van der Waals surface area contributed by atoms with Crippen molar-refractivity contribution in [2.24, 2.45) is 0 Å². The van der Waals surface area contributed by atoms with Crippen LogP contribution in [0.3, 0.4) is 0 Å². The number of ether oxygens (including phenoxy) is 1. The molecule has 1 rings (SSSR count). The smallest absolute Gasteiger partial charge is 0.338 e. The van der Waals surface area contributed by atoms with Crippen molar-refractivity contribution < 1.29 is 14.6 Å². The molecular formula is C11H16N2O3. The third kappa shape index (κ3) is 2.62. The summed E-state index contributed by atoms with van der Waals surface area (Å²) in [6, 6.07) is 1.35. The van der Waals surface area contributed by atoms with Gasteiger partial charge < -0.3 is 15.6 Å². The second kappa shape index (κ2) is 4.38. The van der Waals surface area contributed by atoms with E-state index < -0.39 is 11.6 Å². The highest BCUT2D eigenvalue weighted by atomic mass is 16.5. The Morgan fingerprint density at radius 2 is 2.25 bits per heavy atom. The summed E-state index contributed by atoms with van der Waals surface area (Å²) >= 11 is 0. The Hall–Kier alpha value is -1.78. The van der Waals surface area contributed by atoms with Gasteiger partial charge in [-0.05, 0) is 26.3 Å². The van der Waals surface area contributed by atoms with Crippen molar-refractivity contribution in [2.45, 2.75) is 32.8 Å². The van der Waals surface area contributed by atoms with Crippen LogP contribution in [0.25, 0.3) is 0 Å². The molecule has 1 aromatic heterocycles. The normalized spacial score (nSPS) is 11.2. The molecule has 0 atom stereocenters. The van der Waals surface area contributed by atoms with Crippen molar-refractivity contribution in [3.05, 3.63) is 17.8 Å². The van der Waals surface area contributed by atoms with E-state index in [4.69, 9.17) is 15.6 Å². The lowest BCUT2D eigenvalue weighted by Gasteiger charge is -2.24. The molecular weight excluding hydrogens is 208 g/mol. The van der Waals surface area contributed by atoms with E-state index in [1.54, 1.807) is 0 Å². The van der Waals surface area contributed by atoms with Crippen molar-refractivity contribution in [3.63, 3.8) is 0 Å². The average Bonchev–Trinajstić information content (AvgIpc) is 2.20. The summed E-state index contributed by atoms with van der Waals surface area (Å²) in [6.45, 7) is 5.75. The van der Waals surface area contributed by atoms with E-state index in [1.807, 2.05) is 20.8 Å². The van der Waals surface area contributed by atoms with Crippen LogP contribution in [0.2, 0.25) is 0 Å². The van der Waals surface area contributed by atoms with Crippen molar-refractivity contribution in [2.75, 3.05) is 5.73 Å². The molecule has 0 aliphatic rings. The first kappa shape index (κ1) is 12.3. The molecule has 0 unspecified atom stereocenters. The maximum Gasteiger partial charge on any atom is 0.338 e. The number of aromatic nitrogens is 1. The van der Waals surface area contributed by atoms with Crippen LogP contribution in [0, 0.1) is 0 Å². The van der Waals surface area contributed by atoms with Crippen LogP contribution in [-0.4, -0.2) is 21.7 Å². The molecule has 5 heteroatoms. The molecule has 88 valence electrons. The zero-order valence-corrected chi connectivity index (χ0v) is 9.65. The van der Waals surface area contributed by atoms with Gasteiger partial charge >= 0.3 is 5.97 Å². The molecule has 0 radical (unpaired) electrons. The topological polar surface area (TPSA) is 85.4 Å². The fraction of sp³-hybridized carbons (Fsp3) is 0.455. The largest absolute Gasteiger partial charge is 0.478 e. The van der Waals surface area contributed by atoms with Crippen LogP contribution in [-0.2, 0) is 0 Å². The SMILES string of the molecule is CCC(C)(C)Oc1nccc(C(=O)O)c1N. The Balaban J connectivity index is 3.07. The molecule has 0 fully saturated rings. The highest BCUT2D eigenvalue weighted by Gasteiger charge is 2.21. The van der Waals surface area contributed by atoms with E-state index in [0.717, 1.165) is 6.42 Å². The molecule has 0 amide bonds. The first-order valence-corrected chi connectivity index (χ1v) is 5.04. The molecule has 0 bridgehead atoms. The van der Waals surface area contributed by atoms with Crippen molar-refractivity contribution >= 4 is 11.7 Å². The predicted molar refractivity (Wildman–Crippen MR) is 60.6 cm³/mol. The second-order valence-corrected chi connectivity index (χ2v) is 4.10. The molecule has 0 saturated carbocycles. The molecule has 0 saturated heterocycles. The third-order valence-corrected chi connectivity index (χ3v) is 2.41. The van der Waals surface area contributed by atoms with E-state index in [2.05, 4.69) is 4.98 Å². The number of anilines is 1. The number of rotatable bonds is 4. The van der Waals surface area contributed by atoms with Gasteiger partial charge in [0.2, 0.25) is 5.88 Å². The molecule has 16 heavy (non-hydrogen) atoms. The minimum absolute atomic E-state index is 0.0110. The van der Waals surface area contributed by atoms with E-state index in [1.165, 1.54) is 12.3 Å². The number of hydrogen-bond acceptors (Lipinski definition) is 4. The lowest BCUT2D eigenvalue weighted by Crippen LogP contribution is -2.28. The van der Waals surface area contributed by atoms with Gasteiger partial charge in [0.15, 0.2) is 0 Å². The number of aromatic carboxylic acids is 1. The second-order valence-electron chi connectivity index (χ2n) is 4.10. The van der Waals surface area contributed by atoms with Crippen LogP contribution >= 0.6 is 0 Å². The van der Waals surface area contributed by atoms with Gasteiger partial charge in [0.05, 0.1) is 5.56 Å². The quantitative estimate of drug-likeness (QED) is 0.816. The van der Waals surface area contributed by atoms with Gasteiger partial charge in [0.1, 0.15) is 11.3 Å². The van der Waals surface area contributed by atoms with Crippen molar-refractivity contribution in [1.29, 1.82) is 0 Å². The lowest BCUT2D eigenvalue weighted by molar-refractivity contribution is 0.0694. The van der Waals surface area contributed by atoms with Gasteiger partial charge in [0.25, 0.3) is 0 Å². The minimum Gasteiger partial charge on any atom is -0.478 e. The van der Waals surface area contributed by atoms with Crippen LogP contribution in [0.4, 0.5) is 5.69 Å². The molecule has 1 heterocycles. The predicted octanol–water partition coefficient (Wildman–Crippen LogP) is 1.93. The van der Waals surface area contributed by atoms with Gasteiger partial charge in [-0.25, -0.2) is 9.78 Å². The van der Waals surface area contributed by atoms with E-state index in [9.17, 15) is 4.79 Å². The lowest BCUT2D eigenvalue weighted by atomic mass is 10.1. The summed E-state index contributed by atoms with van der Waals surface area (Å²) in [4.78, 5) is 14.8. The number of nitrogen functional groups attached to an aromatic ring is 1. The van der Waals surface area contributed by atoms with E-state index >= 15 is 0 Å². The first-order chi connectivity index (χ1) is 7.37. The monoisotopic (exact) mass is 224 g/mol. The maximum absolute atomic E-state index is 10.8. The number of pyridine rings is 1. The van der Waals surface area contributed by atoms with Crippen LogP contribution in [0.15, 0.2) is 12.3 Å². The summed E-state index contributed by atoms with van der Waals surface area (Å²) in [6.07, 6.45) is 2.15. The van der Waals surface area contributed by atoms with Gasteiger partial charge in [-0.3, -0.25) is 0 Å².